The van der Waals surface area contributed by atoms with Gasteiger partial charge in [0.2, 0.25) is 0 Å². The van der Waals surface area contributed by atoms with Gasteiger partial charge in [-0.2, -0.15) is 0 Å². The fourth-order valence-electron chi connectivity index (χ4n) is 2.63. The number of ether oxygens (including phenoxy) is 1. The molecule has 2 heterocycles. The van der Waals surface area contributed by atoms with Crippen LogP contribution < -0.4 is 4.74 Å². The minimum atomic E-state index is -0.960. The Morgan fingerprint density at radius 3 is 2.86 bits per heavy atom. The lowest BCUT2D eigenvalue weighted by Crippen LogP contribution is -2.08. The van der Waals surface area contributed by atoms with Crippen molar-refractivity contribution in [2.75, 3.05) is 0 Å². The van der Waals surface area contributed by atoms with Gasteiger partial charge in [-0.15, -0.1) is 0 Å². The van der Waals surface area contributed by atoms with Gasteiger partial charge in [0, 0.05) is 16.5 Å². The summed E-state index contributed by atoms with van der Waals surface area (Å²) in [6, 6.07) is 14.9. The molecule has 1 N–H and O–H groups in total. The Balaban J connectivity index is 1.95. The van der Waals surface area contributed by atoms with Crippen molar-refractivity contribution in [2.45, 2.75) is 6.61 Å². The predicted octanol–water partition coefficient (Wildman–Crippen LogP) is 3.49. The van der Waals surface area contributed by atoms with E-state index in [4.69, 9.17) is 14.8 Å². The van der Waals surface area contributed by atoms with Gasteiger partial charge in [0.1, 0.15) is 12.4 Å². The number of benzene rings is 2. The summed E-state index contributed by atoms with van der Waals surface area (Å²) >= 11 is 0. The number of rotatable bonds is 1. The van der Waals surface area contributed by atoms with Gasteiger partial charge in [0.05, 0.1) is 16.8 Å². The standard InChI is InChI=1S/C17H11NO3/c19-17(20)11-5-6-13-15(8-11)21-9-12-7-10-3-1-2-4-14(10)18-16(12)13/h1-8H,9H2,(H,19,20). The molecule has 0 unspecified atom stereocenters. The highest BCUT2D eigenvalue weighted by molar-refractivity contribution is 5.91. The van der Waals surface area contributed by atoms with Crippen LogP contribution in [-0.4, -0.2) is 16.1 Å². The van der Waals surface area contributed by atoms with Crippen LogP contribution in [0, 0.1) is 0 Å². The third-order valence-corrected chi connectivity index (χ3v) is 3.67. The Labute approximate surface area is 120 Å². The minimum Gasteiger partial charge on any atom is -0.488 e. The quantitative estimate of drug-likeness (QED) is 0.739. The van der Waals surface area contributed by atoms with Gasteiger partial charge < -0.3 is 9.84 Å². The van der Waals surface area contributed by atoms with Gasteiger partial charge in [-0.3, -0.25) is 0 Å². The lowest BCUT2D eigenvalue weighted by Gasteiger charge is -2.20. The van der Waals surface area contributed by atoms with Crippen molar-refractivity contribution in [1.82, 2.24) is 4.98 Å². The second-order valence-corrected chi connectivity index (χ2v) is 4.99. The van der Waals surface area contributed by atoms with Crippen molar-refractivity contribution < 1.29 is 14.6 Å². The molecule has 4 heteroatoms. The van der Waals surface area contributed by atoms with Crippen molar-refractivity contribution in [3.63, 3.8) is 0 Å². The zero-order valence-electron chi connectivity index (χ0n) is 11.0. The zero-order valence-corrected chi connectivity index (χ0v) is 11.0. The predicted molar refractivity (Wildman–Crippen MR) is 78.5 cm³/mol. The maximum atomic E-state index is 11.0. The monoisotopic (exact) mass is 277 g/mol. The van der Waals surface area contributed by atoms with Crippen LogP contribution in [0.3, 0.4) is 0 Å². The van der Waals surface area contributed by atoms with E-state index in [0.29, 0.717) is 12.4 Å². The van der Waals surface area contributed by atoms with E-state index in [1.165, 1.54) is 0 Å². The highest BCUT2D eigenvalue weighted by Gasteiger charge is 2.20. The third kappa shape index (κ3) is 1.84. The average Bonchev–Trinajstić information content (AvgIpc) is 2.52. The molecule has 3 aromatic rings. The number of nitrogens with zero attached hydrogens (tertiary/aromatic N) is 1. The van der Waals surface area contributed by atoms with Crippen molar-refractivity contribution in [1.29, 1.82) is 0 Å². The van der Waals surface area contributed by atoms with Gasteiger partial charge in [-0.05, 0) is 30.3 Å². The highest BCUT2D eigenvalue weighted by atomic mass is 16.5. The number of carbonyl (C=O) groups is 1. The second-order valence-electron chi connectivity index (χ2n) is 4.99. The number of aromatic carboxylic acids is 1. The Kier molecular flexibility index (Phi) is 2.44. The summed E-state index contributed by atoms with van der Waals surface area (Å²) in [5.74, 6) is -0.385. The second kappa shape index (κ2) is 4.31. The molecule has 21 heavy (non-hydrogen) atoms. The Hall–Kier alpha value is -2.88. The summed E-state index contributed by atoms with van der Waals surface area (Å²) < 4.78 is 5.69. The van der Waals surface area contributed by atoms with Crippen molar-refractivity contribution in [2.24, 2.45) is 0 Å². The van der Waals surface area contributed by atoms with Gasteiger partial charge in [0.25, 0.3) is 0 Å². The number of carboxylic acids is 1. The molecule has 0 spiro atoms. The number of aromatic nitrogens is 1. The van der Waals surface area contributed by atoms with Crippen LogP contribution in [0.4, 0.5) is 0 Å². The summed E-state index contributed by atoms with van der Waals surface area (Å²) in [6.07, 6.45) is 0. The lowest BCUT2D eigenvalue weighted by atomic mass is 9.99. The summed E-state index contributed by atoms with van der Waals surface area (Å²) in [6.45, 7) is 0.406. The Bertz CT molecular complexity index is 886. The van der Waals surface area contributed by atoms with Crippen molar-refractivity contribution >= 4 is 16.9 Å². The number of fused-ring (bicyclic) bond motifs is 4. The maximum absolute atomic E-state index is 11.0. The number of pyridine rings is 1. The van der Waals surface area contributed by atoms with E-state index in [2.05, 4.69) is 6.07 Å². The first-order chi connectivity index (χ1) is 10.2. The SMILES string of the molecule is O=C(O)c1ccc2c(c1)OCc1cc3ccccc3nc1-2. The zero-order chi connectivity index (χ0) is 14.4. The smallest absolute Gasteiger partial charge is 0.335 e. The van der Waals surface area contributed by atoms with Crippen LogP contribution >= 0.6 is 0 Å². The maximum Gasteiger partial charge on any atom is 0.335 e. The summed E-state index contributed by atoms with van der Waals surface area (Å²) in [5, 5.41) is 10.1. The largest absolute Gasteiger partial charge is 0.488 e. The molecule has 0 atom stereocenters. The average molecular weight is 277 g/mol. The van der Waals surface area contributed by atoms with Crippen LogP contribution in [0.2, 0.25) is 0 Å². The van der Waals surface area contributed by atoms with Gasteiger partial charge in [-0.1, -0.05) is 18.2 Å². The topological polar surface area (TPSA) is 59.4 Å². The van der Waals surface area contributed by atoms with E-state index >= 15 is 0 Å². The van der Waals surface area contributed by atoms with Crippen LogP contribution in [-0.2, 0) is 6.61 Å². The molecule has 0 aliphatic carbocycles. The number of para-hydroxylation sites is 1. The summed E-state index contributed by atoms with van der Waals surface area (Å²) in [4.78, 5) is 15.7. The first kappa shape index (κ1) is 11.9. The molecule has 4 nitrogen and oxygen atoms in total. The Morgan fingerprint density at radius 1 is 1.14 bits per heavy atom. The fraction of sp³-hybridized carbons (Fsp3) is 0.0588. The van der Waals surface area contributed by atoms with Crippen molar-refractivity contribution in [3.8, 4) is 17.0 Å². The molecule has 4 rings (SSSR count). The summed E-state index contributed by atoms with van der Waals surface area (Å²) in [7, 11) is 0. The highest BCUT2D eigenvalue weighted by Crippen LogP contribution is 2.38. The molecule has 102 valence electrons. The minimum absolute atomic E-state index is 0.220. The van der Waals surface area contributed by atoms with E-state index in [-0.39, 0.29) is 5.56 Å². The molecule has 0 saturated carbocycles. The van der Waals surface area contributed by atoms with Crippen LogP contribution in [0.25, 0.3) is 22.2 Å². The molecule has 1 aromatic heterocycles. The number of carboxylic acid groups (broad SMARTS) is 1. The third-order valence-electron chi connectivity index (χ3n) is 3.67. The van der Waals surface area contributed by atoms with Crippen LogP contribution in [0.5, 0.6) is 5.75 Å². The molecular weight excluding hydrogens is 266 g/mol. The molecule has 0 bridgehead atoms. The molecular formula is C17H11NO3. The molecule has 1 aliphatic heterocycles. The van der Waals surface area contributed by atoms with E-state index in [9.17, 15) is 4.79 Å². The van der Waals surface area contributed by atoms with E-state index in [1.807, 2.05) is 24.3 Å². The molecule has 0 radical (unpaired) electrons. The normalized spacial score (nSPS) is 12.4. The number of hydrogen-bond donors (Lipinski definition) is 1. The molecule has 0 fully saturated rings. The van der Waals surface area contributed by atoms with Crippen LogP contribution in [0.1, 0.15) is 15.9 Å². The lowest BCUT2D eigenvalue weighted by molar-refractivity contribution is 0.0696. The number of hydrogen-bond acceptors (Lipinski definition) is 3. The van der Waals surface area contributed by atoms with Gasteiger partial charge in [-0.25, -0.2) is 9.78 Å². The molecule has 0 amide bonds. The van der Waals surface area contributed by atoms with E-state index in [0.717, 1.165) is 27.7 Å². The first-order valence-electron chi connectivity index (χ1n) is 6.61. The fourth-order valence-corrected chi connectivity index (χ4v) is 2.63. The summed E-state index contributed by atoms with van der Waals surface area (Å²) in [5.41, 5.74) is 3.87. The molecule has 2 aromatic carbocycles. The Morgan fingerprint density at radius 2 is 2.00 bits per heavy atom. The first-order valence-corrected chi connectivity index (χ1v) is 6.61. The van der Waals surface area contributed by atoms with Crippen molar-refractivity contribution in [3.05, 3.63) is 59.7 Å². The van der Waals surface area contributed by atoms with E-state index < -0.39 is 5.97 Å². The van der Waals surface area contributed by atoms with Crippen LogP contribution in [0.15, 0.2) is 48.5 Å². The van der Waals surface area contributed by atoms with E-state index in [1.54, 1.807) is 18.2 Å². The van der Waals surface area contributed by atoms with Gasteiger partial charge >= 0.3 is 5.97 Å². The molecule has 0 saturated heterocycles. The molecule has 1 aliphatic rings. The van der Waals surface area contributed by atoms with Gasteiger partial charge in [0.15, 0.2) is 0 Å².